The summed E-state index contributed by atoms with van der Waals surface area (Å²) in [5.74, 6) is 0.111. The van der Waals surface area contributed by atoms with Crippen LogP contribution in [0.4, 0.5) is 4.79 Å². The molecule has 0 saturated carbocycles. The number of nitrogens with one attached hydrogen (secondary N) is 2. The van der Waals surface area contributed by atoms with Crippen LogP contribution in [0.15, 0.2) is 48.8 Å². The number of urea groups is 1. The third kappa shape index (κ3) is 4.19. The third-order valence-electron chi connectivity index (χ3n) is 6.23. The molecule has 7 nitrogen and oxygen atoms in total. The van der Waals surface area contributed by atoms with E-state index < -0.39 is 5.54 Å². The molecular formula is C22H29N5O2. The maximum Gasteiger partial charge on any atom is 0.325 e. The first-order valence-electron chi connectivity index (χ1n) is 10.6. The van der Waals surface area contributed by atoms with Crippen molar-refractivity contribution in [2.45, 2.75) is 44.2 Å². The summed E-state index contributed by atoms with van der Waals surface area (Å²) in [6.45, 7) is 2.64. The van der Waals surface area contributed by atoms with E-state index in [2.05, 4.69) is 27.9 Å². The number of carbonyl (C=O) groups is 2. The fourth-order valence-corrected chi connectivity index (χ4v) is 4.66. The van der Waals surface area contributed by atoms with Gasteiger partial charge in [0, 0.05) is 12.4 Å². The first-order chi connectivity index (χ1) is 14.2. The van der Waals surface area contributed by atoms with Crippen LogP contribution < -0.4 is 10.6 Å². The molecule has 4 rings (SSSR count). The van der Waals surface area contributed by atoms with Gasteiger partial charge in [0.1, 0.15) is 5.54 Å². The average Bonchev–Trinajstić information content (AvgIpc) is 3.35. The average molecular weight is 396 g/mol. The Morgan fingerprint density at radius 3 is 2.59 bits per heavy atom. The van der Waals surface area contributed by atoms with E-state index in [0.717, 1.165) is 38.8 Å². The van der Waals surface area contributed by atoms with E-state index in [0.29, 0.717) is 19.5 Å². The van der Waals surface area contributed by atoms with Crippen LogP contribution in [-0.2, 0) is 17.8 Å². The molecule has 2 saturated heterocycles. The Kier molecular flexibility index (Phi) is 5.94. The van der Waals surface area contributed by atoms with Gasteiger partial charge in [0.05, 0.1) is 13.1 Å². The van der Waals surface area contributed by atoms with Crippen molar-refractivity contribution in [2.75, 3.05) is 19.6 Å². The molecule has 3 amide bonds. The Hall–Kier alpha value is -2.67. The number of aromatic nitrogens is 2. The quantitative estimate of drug-likeness (QED) is 0.672. The predicted octanol–water partition coefficient (Wildman–Crippen LogP) is 2.20. The second-order valence-electron chi connectivity index (χ2n) is 7.99. The zero-order chi connectivity index (χ0) is 20.1. The van der Waals surface area contributed by atoms with E-state index >= 15 is 0 Å². The molecule has 1 atom stereocenters. The van der Waals surface area contributed by atoms with Gasteiger partial charge in [0.15, 0.2) is 0 Å². The van der Waals surface area contributed by atoms with Crippen molar-refractivity contribution in [3.05, 3.63) is 54.4 Å². The van der Waals surface area contributed by atoms with Gasteiger partial charge in [-0.05, 0) is 62.7 Å². The number of aryl methyl sites for hydroxylation is 1. The van der Waals surface area contributed by atoms with Gasteiger partial charge in [-0.3, -0.25) is 14.4 Å². The molecule has 0 aliphatic carbocycles. The molecule has 1 aromatic carbocycles. The molecule has 0 bridgehead atoms. The van der Waals surface area contributed by atoms with Crippen LogP contribution in [0.1, 0.15) is 31.2 Å². The van der Waals surface area contributed by atoms with Gasteiger partial charge in [0.2, 0.25) is 0 Å². The van der Waals surface area contributed by atoms with E-state index in [-0.39, 0.29) is 17.9 Å². The number of carbonyl (C=O) groups excluding carboxylic acids is 2. The van der Waals surface area contributed by atoms with Crippen molar-refractivity contribution in [1.82, 2.24) is 25.3 Å². The fourth-order valence-electron chi connectivity index (χ4n) is 4.66. The molecule has 3 heterocycles. The lowest BCUT2D eigenvalue weighted by Crippen LogP contribution is -2.56. The van der Waals surface area contributed by atoms with Gasteiger partial charge < -0.3 is 10.6 Å². The van der Waals surface area contributed by atoms with Crippen LogP contribution in [0.25, 0.3) is 0 Å². The van der Waals surface area contributed by atoms with Gasteiger partial charge in [0.25, 0.3) is 5.91 Å². The normalized spacial score (nSPS) is 22.8. The highest BCUT2D eigenvalue weighted by molar-refractivity contribution is 6.07. The van der Waals surface area contributed by atoms with E-state index in [1.807, 2.05) is 30.5 Å². The zero-order valence-corrected chi connectivity index (χ0v) is 16.7. The number of hydrogen-bond donors (Lipinski definition) is 2. The fraction of sp³-hybridized carbons (Fsp3) is 0.500. The molecule has 2 aliphatic rings. The van der Waals surface area contributed by atoms with Gasteiger partial charge >= 0.3 is 6.03 Å². The SMILES string of the molecule is O=C1NC(CCCc2ccccc2)(C2CCNCC2)C(=O)N1CCn1cccn1. The van der Waals surface area contributed by atoms with Crippen LogP contribution in [0.3, 0.4) is 0 Å². The van der Waals surface area contributed by atoms with Crippen molar-refractivity contribution < 1.29 is 9.59 Å². The Morgan fingerprint density at radius 2 is 1.86 bits per heavy atom. The van der Waals surface area contributed by atoms with Gasteiger partial charge in [-0.2, -0.15) is 5.10 Å². The minimum Gasteiger partial charge on any atom is -0.323 e. The second-order valence-corrected chi connectivity index (χ2v) is 7.99. The molecule has 7 heteroatoms. The summed E-state index contributed by atoms with van der Waals surface area (Å²) >= 11 is 0. The Bertz CT molecular complexity index is 817. The Morgan fingerprint density at radius 1 is 1.07 bits per heavy atom. The van der Waals surface area contributed by atoms with E-state index in [1.165, 1.54) is 10.5 Å². The number of rotatable bonds is 8. The number of amides is 3. The summed E-state index contributed by atoms with van der Waals surface area (Å²) in [7, 11) is 0. The summed E-state index contributed by atoms with van der Waals surface area (Å²) < 4.78 is 1.75. The van der Waals surface area contributed by atoms with Gasteiger partial charge in [-0.25, -0.2) is 4.79 Å². The van der Waals surface area contributed by atoms with Crippen LogP contribution in [-0.4, -0.2) is 51.8 Å². The molecule has 2 aromatic rings. The molecule has 1 unspecified atom stereocenters. The maximum absolute atomic E-state index is 13.5. The van der Waals surface area contributed by atoms with E-state index in [1.54, 1.807) is 10.9 Å². The van der Waals surface area contributed by atoms with Crippen molar-refractivity contribution in [2.24, 2.45) is 5.92 Å². The maximum atomic E-state index is 13.5. The second kappa shape index (κ2) is 8.78. The highest BCUT2D eigenvalue weighted by atomic mass is 16.2. The minimum atomic E-state index is -0.780. The lowest BCUT2D eigenvalue weighted by molar-refractivity contribution is -0.134. The number of benzene rings is 1. The third-order valence-corrected chi connectivity index (χ3v) is 6.23. The van der Waals surface area contributed by atoms with Crippen LogP contribution in [0.5, 0.6) is 0 Å². The summed E-state index contributed by atoms with van der Waals surface area (Å²) in [4.78, 5) is 27.7. The molecular weight excluding hydrogens is 366 g/mol. The van der Waals surface area contributed by atoms with Crippen molar-refractivity contribution in [3.8, 4) is 0 Å². The van der Waals surface area contributed by atoms with Crippen molar-refractivity contribution >= 4 is 11.9 Å². The molecule has 2 aliphatic heterocycles. The topological polar surface area (TPSA) is 79.3 Å². The minimum absolute atomic E-state index is 0.0605. The first kappa shape index (κ1) is 19.6. The van der Waals surface area contributed by atoms with Crippen LogP contribution >= 0.6 is 0 Å². The molecule has 154 valence electrons. The Labute approximate surface area is 171 Å². The van der Waals surface area contributed by atoms with Crippen LogP contribution in [0, 0.1) is 5.92 Å². The molecule has 0 spiro atoms. The lowest BCUT2D eigenvalue weighted by atomic mass is 9.74. The smallest absolute Gasteiger partial charge is 0.323 e. The lowest BCUT2D eigenvalue weighted by Gasteiger charge is -2.38. The molecule has 2 fully saturated rings. The summed E-state index contributed by atoms with van der Waals surface area (Å²) in [6.07, 6.45) is 7.81. The number of piperidine rings is 1. The number of nitrogens with zero attached hydrogens (tertiary/aromatic N) is 3. The first-order valence-corrected chi connectivity index (χ1v) is 10.6. The highest BCUT2D eigenvalue weighted by Crippen LogP contribution is 2.36. The van der Waals surface area contributed by atoms with E-state index in [9.17, 15) is 9.59 Å². The van der Waals surface area contributed by atoms with Gasteiger partial charge in [-0.1, -0.05) is 30.3 Å². The molecule has 1 aromatic heterocycles. The number of hydrogen-bond acceptors (Lipinski definition) is 4. The largest absolute Gasteiger partial charge is 0.325 e. The highest BCUT2D eigenvalue weighted by Gasteiger charge is 2.54. The van der Waals surface area contributed by atoms with Crippen molar-refractivity contribution in [3.63, 3.8) is 0 Å². The van der Waals surface area contributed by atoms with Crippen LogP contribution in [0.2, 0.25) is 0 Å². The number of imide groups is 1. The Balaban J connectivity index is 1.48. The molecule has 2 N–H and O–H groups in total. The standard InChI is InChI=1S/C22H29N5O2/c28-20-22(19-9-13-23-14-10-19,11-4-8-18-6-2-1-3-7-18)25-21(29)27(20)17-16-26-15-5-12-24-26/h1-3,5-7,12,15,19,23H,4,8-11,13-14,16-17H2,(H,25,29). The van der Waals surface area contributed by atoms with Crippen molar-refractivity contribution in [1.29, 1.82) is 0 Å². The summed E-state index contributed by atoms with van der Waals surface area (Å²) in [5, 5.41) is 10.7. The monoisotopic (exact) mass is 395 g/mol. The summed E-state index contributed by atoms with van der Waals surface area (Å²) in [6, 6.07) is 11.9. The predicted molar refractivity (Wildman–Crippen MR) is 110 cm³/mol. The van der Waals surface area contributed by atoms with Gasteiger partial charge in [-0.15, -0.1) is 0 Å². The zero-order valence-electron chi connectivity index (χ0n) is 16.7. The molecule has 0 radical (unpaired) electrons. The summed E-state index contributed by atoms with van der Waals surface area (Å²) in [5.41, 5.74) is 0.484. The molecule has 29 heavy (non-hydrogen) atoms. The van der Waals surface area contributed by atoms with E-state index in [4.69, 9.17) is 0 Å².